The van der Waals surface area contributed by atoms with Gasteiger partial charge in [0.25, 0.3) is 0 Å². The number of methoxy groups -OCH3 is 1. The van der Waals surface area contributed by atoms with Crippen LogP contribution in [0.3, 0.4) is 0 Å². The Labute approximate surface area is 124 Å². The second-order valence-corrected chi connectivity index (χ2v) is 5.28. The zero-order valence-electron chi connectivity index (χ0n) is 12.0. The molecule has 2 aromatic rings. The van der Waals surface area contributed by atoms with Gasteiger partial charge in [0, 0.05) is 18.0 Å². The Hall–Kier alpha value is -2.07. The minimum Gasteiger partial charge on any atom is -0.469 e. The Morgan fingerprint density at radius 3 is 2.90 bits per heavy atom. The van der Waals surface area contributed by atoms with Crippen LogP contribution in [0, 0.1) is 0 Å². The first kappa shape index (κ1) is 13.9. The molecule has 2 unspecified atom stereocenters. The predicted octanol–water partition coefficient (Wildman–Crippen LogP) is 3.16. The number of rotatable bonds is 4. The molecule has 3 rings (SSSR count). The van der Waals surface area contributed by atoms with Crippen molar-refractivity contribution in [2.45, 2.75) is 31.3 Å². The molecule has 0 spiro atoms. The van der Waals surface area contributed by atoms with Crippen molar-refractivity contribution >= 4 is 5.97 Å². The number of benzene rings is 1. The van der Waals surface area contributed by atoms with Crippen LogP contribution in [0.15, 0.2) is 47.1 Å². The van der Waals surface area contributed by atoms with Gasteiger partial charge in [-0.25, -0.2) is 4.79 Å². The standard InChI is InChI=1S/C17H19NO3/c1-20-17(19)16(12-6-3-2-4-7-12)18-14-8-5-9-15-13(14)10-11-21-15/h2-4,6-7,10-11,14,16,18H,5,8-9H2,1H3. The minimum absolute atomic E-state index is 0.122. The predicted molar refractivity (Wildman–Crippen MR) is 78.7 cm³/mol. The molecule has 0 fully saturated rings. The van der Waals surface area contributed by atoms with E-state index in [1.807, 2.05) is 36.4 Å². The molecule has 0 radical (unpaired) electrons. The molecule has 110 valence electrons. The molecule has 0 saturated carbocycles. The molecule has 1 heterocycles. The number of carbonyl (C=O) groups excluding carboxylic acids is 1. The summed E-state index contributed by atoms with van der Waals surface area (Å²) in [6.07, 6.45) is 4.74. The van der Waals surface area contributed by atoms with E-state index in [4.69, 9.17) is 9.15 Å². The van der Waals surface area contributed by atoms with Gasteiger partial charge in [-0.3, -0.25) is 5.32 Å². The van der Waals surface area contributed by atoms with E-state index in [1.165, 1.54) is 7.11 Å². The fourth-order valence-electron chi connectivity index (χ4n) is 2.92. The van der Waals surface area contributed by atoms with Gasteiger partial charge in [-0.15, -0.1) is 0 Å². The van der Waals surface area contributed by atoms with Crippen molar-refractivity contribution in [1.29, 1.82) is 0 Å². The molecule has 1 aromatic heterocycles. The van der Waals surface area contributed by atoms with Crippen LogP contribution in [-0.2, 0) is 16.0 Å². The second kappa shape index (κ2) is 6.14. The van der Waals surface area contributed by atoms with Crippen LogP contribution in [0.25, 0.3) is 0 Å². The van der Waals surface area contributed by atoms with Crippen molar-refractivity contribution in [3.8, 4) is 0 Å². The number of carbonyl (C=O) groups is 1. The van der Waals surface area contributed by atoms with E-state index in [9.17, 15) is 4.79 Å². The maximum absolute atomic E-state index is 12.1. The first-order chi connectivity index (χ1) is 10.3. The summed E-state index contributed by atoms with van der Waals surface area (Å²) in [6, 6.07) is 11.3. The Bertz CT molecular complexity index is 606. The maximum Gasteiger partial charge on any atom is 0.327 e. The lowest BCUT2D eigenvalue weighted by molar-refractivity contribution is -0.143. The van der Waals surface area contributed by atoms with E-state index in [1.54, 1.807) is 6.26 Å². The monoisotopic (exact) mass is 285 g/mol. The molecule has 0 bridgehead atoms. The molecule has 1 aliphatic rings. The van der Waals surface area contributed by atoms with E-state index in [-0.39, 0.29) is 12.0 Å². The summed E-state index contributed by atoms with van der Waals surface area (Å²) in [5, 5.41) is 3.43. The van der Waals surface area contributed by atoms with E-state index in [0.29, 0.717) is 0 Å². The lowest BCUT2D eigenvalue weighted by Gasteiger charge is -2.27. The average Bonchev–Trinajstić information content (AvgIpc) is 3.02. The molecule has 2 atom stereocenters. The van der Waals surface area contributed by atoms with Crippen LogP contribution in [0.2, 0.25) is 0 Å². The summed E-state index contributed by atoms with van der Waals surface area (Å²) in [7, 11) is 1.42. The number of aryl methyl sites for hydroxylation is 1. The normalized spacial score (nSPS) is 18.8. The number of nitrogens with one attached hydrogen (secondary N) is 1. The molecule has 1 aliphatic carbocycles. The van der Waals surface area contributed by atoms with E-state index >= 15 is 0 Å². The van der Waals surface area contributed by atoms with Crippen molar-refractivity contribution in [2.75, 3.05) is 7.11 Å². The summed E-state index contributed by atoms with van der Waals surface area (Å²) in [5.74, 6) is 0.757. The number of furan rings is 1. The topological polar surface area (TPSA) is 51.5 Å². The van der Waals surface area contributed by atoms with Crippen molar-refractivity contribution < 1.29 is 13.9 Å². The molecule has 1 aromatic carbocycles. The van der Waals surface area contributed by atoms with Crippen molar-refractivity contribution in [3.63, 3.8) is 0 Å². The molecule has 0 saturated heterocycles. The van der Waals surface area contributed by atoms with Gasteiger partial charge in [-0.1, -0.05) is 30.3 Å². The highest BCUT2D eigenvalue weighted by molar-refractivity contribution is 5.77. The Morgan fingerprint density at radius 1 is 1.33 bits per heavy atom. The van der Waals surface area contributed by atoms with Crippen molar-refractivity contribution in [3.05, 3.63) is 59.5 Å². The number of fused-ring (bicyclic) bond motifs is 1. The lowest BCUT2D eigenvalue weighted by atomic mass is 9.92. The van der Waals surface area contributed by atoms with Gasteiger partial charge < -0.3 is 9.15 Å². The highest BCUT2D eigenvalue weighted by Gasteiger charge is 2.29. The van der Waals surface area contributed by atoms with Crippen molar-refractivity contribution in [2.24, 2.45) is 0 Å². The van der Waals surface area contributed by atoms with E-state index in [2.05, 4.69) is 5.32 Å². The first-order valence-corrected chi connectivity index (χ1v) is 7.24. The van der Waals surface area contributed by atoms with Gasteiger partial charge >= 0.3 is 5.97 Å². The third-order valence-corrected chi connectivity index (χ3v) is 3.99. The van der Waals surface area contributed by atoms with Crippen LogP contribution in [0.1, 0.15) is 41.8 Å². The fourth-order valence-corrected chi connectivity index (χ4v) is 2.92. The fraction of sp³-hybridized carbons (Fsp3) is 0.353. The van der Waals surface area contributed by atoms with Gasteiger partial charge in [0.05, 0.1) is 13.4 Å². The average molecular weight is 285 g/mol. The number of ether oxygens (including phenoxy) is 1. The molecular formula is C17H19NO3. The summed E-state index contributed by atoms with van der Waals surface area (Å²) < 4.78 is 10.5. The van der Waals surface area contributed by atoms with Crippen LogP contribution in [-0.4, -0.2) is 13.1 Å². The largest absolute Gasteiger partial charge is 0.469 e. The third kappa shape index (κ3) is 2.85. The summed E-state index contributed by atoms with van der Waals surface area (Å²) in [4.78, 5) is 12.1. The highest BCUT2D eigenvalue weighted by atomic mass is 16.5. The smallest absolute Gasteiger partial charge is 0.327 e. The summed E-state index contributed by atoms with van der Waals surface area (Å²) in [5.41, 5.74) is 2.08. The molecular weight excluding hydrogens is 266 g/mol. The van der Waals surface area contributed by atoms with Crippen LogP contribution in [0.4, 0.5) is 0 Å². The minimum atomic E-state index is -0.456. The molecule has 0 aliphatic heterocycles. The van der Waals surface area contributed by atoms with E-state index < -0.39 is 6.04 Å². The maximum atomic E-state index is 12.1. The molecule has 0 amide bonds. The van der Waals surface area contributed by atoms with Crippen molar-refractivity contribution in [1.82, 2.24) is 5.32 Å². The quantitative estimate of drug-likeness (QED) is 0.877. The van der Waals surface area contributed by atoms with Crippen LogP contribution >= 0.6 is 0 Å². The molecule has 1 N–H and O–H groups in total. The first-order valence-electron chi connectivity index (χ1n) is 7.24. The zero-order valence-corrected chi connectivity index (χ0v) is 12.0. The SMILES string of the molecule is COC(=O)C(NC1CCCc2occc21)c1ccccc1. The van der Waals surface area contributed by atoms with Gasteiger partial charge in [0.2, 0.25) is 0 Å². The van der Waals surface area contributed by atoms with Crippen LogP contribution < -0.4 is 5.32 Å². The number of hydrogen-bond donors (Lipinski definition) is 1. The summed E-state index contributed by atoms with van der Waals surface area (Å²) >= 11 is 0. The number of hydrogen-bond acceptors (Lipinski definition) is 4. The number of esters is 1. The van der Waals surface area contributed by atoms with Gasteiger partial charge in [0.1, 0.15) is 11.8 Å². The third-order valence-electron chi connectivity index (χ3n) is 3.99. The Balaban J connectivity index is 1.85. The lowest BCUT2D eigenvalue weighted by Crippen LogP contribution is -2.34. The Kier molecular flexibility index (Phi) is 4.06. The molecule has 21 heavy (non-hydrogen) atoms. The molecule has 4 nitrogen and oxygen atoms in total. The zero-order chi connectivity index (χ0) is 14.7. The van der Waals surface area contributed by atoms with Gasteiger partial charge in [-0.2, -0.15) is 0 Å². The second-order valence-electron chi connectivity index (χ2n) is 5.28. The van der Waals surface area contributed by atoms with Crippen LogP contribution in [0.5, 0.6) is 0 Å². The Morgan fingerprint density at radius 2 is 2.14 bits per heavy atom. The molecule has 4 heteroatoms. The summed E-state index contributed by atoms with van der Waals surface area (Å²) in [6.45, 7) is 0. The van der Waals surface area contributed by atoms with E-state index in [0.717, 1.165) is 36.1 Å². The highest BCUT2D eigenvalue weighted by Crippen LogP contribution is 2.32. The van der Waals surface area contributed by atoms with Gasteiger partial charge in [0.15, 0.2) is 0 Å². The van der Waals surface area contributed by atoms with Gasteiger partial charge in [-0.05, 0) is 24.5 Å².